The van der Waals surface area contributed by atoms with Gasteiger partial charge in [0.2, 0.25) is 0 Å². The molecular weight excluding hydrogens is 330 g/mol. The molecule has 0 aliphatic heterocycles. The number of hydrogen-bond acceptors (Lipinski definition) is 4. The molecule has 0 fully saturated rings. The Kier molecular flexibility index (Phi) is 4.80. The maximum absolute atomic E-state index is 12.6. The van der Waals surface area contributed by atoms with Crippen molar-refractivity contribution in [1.29, 1.82) is 0 Å². The second kappa shape index (κ2) is 7.04. The number of ether oxygens (including phenoxy) is 2. The Morgan fingerprint density at radius 3 is 2.50 bits per heavy atom. The van der Waals surface area contributed by atoms with E-state index in [-0.39, 0.29) is 5.97 Å². The molecule has 0 saturated heterocycles. The molecule has 0 atom stereocenters. The number of fused-ring (bicyclic) bond motifs is 1. The summed E-state index contributed by atoms with van der Waals surface area (Å²) in [5.41, 5.74) is 4.20. The summed E-state index contributed by atoms with van der Waals surface area (Å²) in [5, 5.41) is 0.696. The Bertz CT molecular complexity index is 1000. The fraction of sp³-hybridized carbons (Fsp3) is 0.238. The Balaban J connectivity index is 2.30. The maximum atomic E-state index is 12.6. The zero-order valence-corrected chi connectivity index (χ0v) is 15.3. The normalized spacial score (nSPS) is 10.8. The van der Waals surface area contributed by atoms with Crippen LogP contribution in [0, 0.1) is 13.8 Å². The summed E-state index contributed by atoms with van der Waals surface area (Å²) in [7, 11) is 0. The molecule has 3 aromatic rings. The molecule has 0 unspecified atom stereocenters. The fourth-order valence-corrected chi connectivity index (χ4v) is 3.19. The molecule has 0 bridgehead atoms. The summed E-state index contributed by atoms with van der Waals surface area (Å²) < 4.78 is 12.5. The predicted molar refractivity (Wildman–Crippen MR) is 100 cm³/mol. The van der Waals surface area contributed by atoms with Crippen LogP contribution in [-0.2, 0) is 9.53 Å². The lowest BCUT2D eigenvalue weighted by molar-refractivity contribution is -0.131. The van der Waals surface area contributed by atoms with Gasteiger partial charge in [0.25, 0.3) is 0 Å². The second-order valence-corrected chi connectivity index (χ2v) is 6.13. The molecule has 5 nitrogen and oxygen atoms in total. The van der Waals surface area contributed by atoms with Crippen LogP contribution in [0.1, 0.15) is 35.5 Å². The number of esters is 2. The Labute approximate surface area is 152 Å². The number of rotatable bonds is 4. The van der Waals surface area contributed by atoms with E-state index in [9.17, 15) is 9.59 Å². The zero-order chi connectivity index (χ0) is 18.8. The smallest absolute Gasteiger partial charge is 0.340 e. The van der Waals surface area contributed by atoms with Crippen LogP contribution in [-0.4, -0.2) is 23.1 Å². The fourth-order valence-electron chi connectivity index (χ4n) is 3.19. The van der Waals surface area contributed by atoms with Crippen LogP contribution in [0.15, 0.2) is 42.5 Å². The molecular formula is C21H21NO4. The van der Waals surface area contributed by atoms with Gasteiger partial charge in [-0.25, -0.2) is 4.79 Å². The van der Waals surface area contributed by atoms with E-state index in [2.05, 4.69) is 6.07 Å². The predicted octanol–water partition coefficient (Wildman–Crippen LogP) is 4.35. The van der Waals surface area contributed by atoms with Crippen molar-refractivity contribution in [2.45, 2.75) is 27.7 Å². The number of carbonyl (C=O) groups is 2. The second-order valence-electron chi connectivity index (χ2n) is 6.13. The lowest BCUT2D eigenvalue weighted by Crippen LogP contribution is -2.07. The van der Waals surface area contributed by atoms with E-state index in [0.717, 1.165) is 22.5 Å². The van der Waals surface area contributed by atoms with Crippen molar-refractivity contribution in [2.75, 3.05) is 6.61 Å². The van der Waals surface area contributed by atoms with Gasteiger partial charge in [0.15, 0.2) is 0 Å². The molecule has 0 aliphatic rings. The average Bonchev–Trinajstić information content (AvgIpc) is 2.85. The summed E-state index contributed by atoms with van der Waals surface area (Å²) in [6.45, 7) is 7.32. The van der Waals surface area contributed by atoms with E-state index in [1.165, 1.54) is 6.92 Å². The molecule has 0 amide bonds. The number of carbonyl (C=O) groups excluding carboxylic acids is 2. The molecule has 1 heterocycles. The van der Waals surface area contributed by atoms with Crippen LogP contribution < -0.4 is 4.74 Å². The van der Waals surface area contributed by atoms with Gasteiger partial charge in [0, 0.05) is 23.7 Å². The van der Waals surface area contributed by atoms with E-state index in [1.807, 2.05) is 42.7 Å². The molecule has 0 aliphatic carbocycles. The van der Waals surface area contributed by atoms with Crippen LogP contribution in [0.2, 0.25) is 0 Å². The monoisotopic (exact) mass is 351 g/mol. The standard InChI is InChI=1S/C21H21NO4/c1-5-25-21(24)20-14(3)22(16-8-6-7-13(2)11-16)19-10-9-17(12-18(19)20)26-15(4)23/h6-12H,5H2,1-4H3. The number of aromatic nitrogens is 1. The third kappa shape index (κ3) is 3.20. The average molecular weight is 351 g/mol. The highest BCUT2D eigenvalue weighted by molar-refractivity contribution is 6.07. The summed E-state index contributed by atoms with van der Waals surface area (Å²) in [5.74, 6) is -0.393. The van der Waals surface area contributed by atoms with E-state index in [0.29, 0.717) is 23.3 Å². The van der Waals surface area contributed by atoms with Crippen LogP contribution in [0.5, 0.6) is 5.75 Å². The van der Waals surface area contributed by atoms with Crippen molar-refractivity contribution in [1.82, 2.24) is 4.57 Å². The summed E-state index contributed by atoms with van der Waals surface area (Å²) in [4.78, 5) is 23.9. The minimum absolute atomic E-state index is 0.291. The number of nitrogens with zero attached hydrogens (tertiary/aromatic N) is 1. The van der Waals surface area contributed by atoms with Crippen molar-refractivity contribution in [3.8, 4) is 11.4 Å². The largest absolute Gasteiger partial charge is 0.462 e. The quantitative estimate of drug-likeness (QED) is 0.518. The molecule has 0 spiro atoms. The highest BCUT2D eigenvalue weighted by Gasteiger charge is 2.22. The van der Waals surface area contributed by atoms with Gasteiger partial charge in [-0.1, -0.05) is 12.1 Å². The van der Waals surface area contributed by atoms with Crippen LogP contribution in [0.25, 0.3) is 16.6 Å². The number of benzene rings is 2. The van der Waals surface area contributed by atoms with Gasteiger partial charge < -0.3 is 14.0 Å². The van der Waals surface area contributed by atoms with E-state index in [1.54, 1.807) is 19.1 Å². The van der Waals surface area contributed by atoms with Crippen molar-refractivity contribution in [3.05, 3.63) is 59.3 Å². The van der Waals surface area contributed by atoms with Gasteiger partial charge >= 0.3 is 11.9 Å². The molecule has 134 valence electrons. The first-order valence-corrected chi connectivity index (χ1v) is 8.50. The lowest BCUT2D eigenvalue weighted by Gasteiger charge is -2.10. The topological polar surface area (TPSA) is 57.5 Å². The molecule has 1 aromatic heterocycles. The summed E-state index contributed by atoms with van der Waals surface area (Å²) in [6, 6.07) is 13.3. The van der Waals surface area contributed by atoms with E-state index < -0.39 is 5.97 Å². The molecule has 0 saturated carbocycles. The van der Waals surface area contributed by atoms with Gasteiger partial charge in [-0.3, -0.25) is 4.79 Å². The van der Waals surface area contributed by atoms with E-state index >= 15 is 0 Å². The van der Waals surface area contributed by atoms with Gasteiger partial charge in [0.05, 0.1) is 17.7 Å². The first-order chi connectivity index (χ1) is 12.4. The van der Waals surface area contributed by atoms with Gasteiger partial charge in [-0.2, -0.15) is 0 Å². The Morgan fingerprint density at radius 2 is 1.85 bits per heavy atom. The molecule has 3 rings (SSSR count). The maximum Gasteiger partial charge on any atom is 0.340 e. The first-order valence-electron chi connectivity index (χ1n) is 8.50. The molecule has 2 aromatic carbocycles. The van der Waals surface area contributed by atoms with Gasteiger partial charge in [-0.05, 0) is 56.7 Å². The van der Waals surface area contributed by atoms with Crippen LogP contribution in [0.3, 0.4) is 0 Å². The highest BCUT2D eigenvalue weighted by Crippen LogP contribution is 2.32. The minimum Gasteiger partial charge on any atom is -0.462 e. The first kappa shape index (κ1) is 17.7. The van der Waals surface area contributed by atoms with Crippen LogP contribution >= 0.6 is 0 Å². The Hall–Kier alpha value is -3.08. The number of hydrogen-bond donors (Lipinski definition) is 0. The summed E-state index contributed by atoms with van der Waals surface area (Å²) >= 11 is 0. The van der Waals surface area contributed by atoms with Gasteiger partial charge in [0.1, 0.15) is 5.75 Å². The van der Waals surface area contributed by atoms with Crippen molar-refractivity contribution in [2.24, 2.45) is 0 Å². The van der Waals surface area contributed by atoms with Crippen molar-refractivity contribution in [3.63, 3.8) is 0 Å². The zero-order valence-electron chi connectivity index (χ0n) is 15.3. The SMILES string of the molecule is CCOC(=O)c1c(C)n(-c2cccc(C)c2)c2ccc(OC(C)=O)cc12. The van der Waals surface area contributed by atoms with Crippen LogP contribution in [0.4, 0.5) is 0 Å². The van der Waals surface area contributed by atoms with E-state index in [4.69, 9.17) is 9.47 Å². The number of aryl methyl sites for hydroxylation is 1. The van der Waals surface area contributed by atoms with Crippen molar-refractivity contribution < 1.29 is 19.1 Å². The third-order valence-electron chi connectivity index (χ3n) is 4.18. The molecule has 5 heteroatoms. The summed E-state index contributed by atoms with van der Waals surface area (Å²) in [6.07, 6.45) is 0. The minimum atomic E-state index is -0.406. The van der Waals surface area contributed by atoms with Crippen molar-refractivity contribution >= 4 is 22.8 Å². The third-order valence-corrected chi connectivity index (χ3v) is 4.18. The molecule has 0 radical (unpaired) electrons. The highest BCUT2D eigenvalue weighted by atomic mass is 16.5. The van der Waals surface area contributed by atoms with Gasteiger partial charge in [-0.15, -0.1) is 0 Å². The molecule has 0 N–H and O–H groups in total. The lowest BCUT2D eigenvalue weighted by atomic mass is 10.1. The Morgan fingerprint density at radius 1 is 1.08 bits per heavy atom. The molecule has 26 heavy (non-hydrogen) atoms.